The van der Waals surface area contributed by atoms with E-state index >= 15 is 0 Å². The van der Waals surface area contributed by atoms with Gasteiger partial charge in [-0.15, -0.1) is 0 Å². The van der Waals surface area contributed by atoms with Crippen molar-refractivity contribution in [2.24, 2.45) is 0 Å². The zero-order chi connectivity index (χ0) is 11.3. The predicted octanol–water partition coefficient (Wildman–Crippen LogP) is 0.809. The number of fused-ring (bicyclic) bond motifs is 2. The molecule has 3 rings (SSSR count). The number of nitrogens with one attached hydrogen (secondary N) is 1. The second-order valence-corrected chi connectivity index (χ2v) is 4.28. The van der Waals surface area contributed by atoms with Gasteiger partial charge in [0.1, 0.15) is 0 Å². The summed E-state index contributed by atoms with van der Waals surface area (Å²) in [5, 5.41) is 3.25. The van der Waals surface area contributed by atoms with Gasteiger partial charge in [0.2, 0.25) is 5.91 Å². The summed E-state index contributed by atoms with van der Waals surface area (Å²) in [4.78, 5) is 24.7. The molecule has 0 atom stereocenters. The highest BCUT2D eigenvalue weighted by Crippen LogP contribution is 2.29. The van der Waals surface area contributed by atoms with Crippen LogP contribution in [0, 0.1) is 0 Å². The van der Waals surface area contributed by atoms with Gasteiger partial charge in [0.25, 0.3) is 5.91 Å². The van der Waals surface area contributed by atoms with Gasteiger partial charge in [-0.2, -0.15) is 0 Å². The molecule has 1 aromatic carbocycles. The summed E-state index contributed by atoms with van der Waals surface area (Å²) in [6.07, 6.45) is 1.28. The van der Waals surface area contributed by atoms with Crippen LogP contribution in [0.4, 0.5) is 5.69 Å². The van der Waals surface area contributed by atoms with Crippen molar-refractivity contribution in [2.45, 2.75) is 12.8 Å². The fourth-order valence-electron chi connectivity index (χ4n) is 2.31. The van der Waals surface area contributed by atoms with Gasteiger partial charge >= 0.3 is 0 Å². The van der Waals surface area contributed by atoms with Gasteiger partial charge in [0, 0.05) is 24.8 Å². The van der Waals surface area contributed by atoms with Crippen LogP contribution in [0.1, 0.15) is 21.5 Å². The summed E-state index contributed by atoms with van der Waals surface area (Å²) in [7, 11) is 1.54. The van der Waals surface area contributed by atoms with Crippen molar-refractivity contribution in [3.05, 3.63) is 28.8 Å². The molecule has 1 N–H and O–H groups in total. The number of imide groups is 1. The minimum atomic E-state index is -0.180. The Morgan fingerprint density at radius 3 is 2.88 bits per heavy atom. The average Bonchev–Trinajstić information content (AvgIpc) is 2.71. The molecule has 0 spiro atoms. The summed E-state index contributed by atoms with van der Waals surface area (Å²) in [5.41, 5.74) is 3.78. The fourth-order valence-corrected chi connectivity index (χ4v) is 2.31. The van der Waals surface area contributed by atoms with Crippen LogP contribution in [0.5, 0.6) is 0 Å². The number of carbonyl (C=O) groups is 2. The maximum atomic E-state index is 11.9. The molecule has 0 radical (unpaired) electrons. The van der Waals surface area contributed by atoms with Crippen LogP contribution in [0.2, 0.25) is 0 Å². The Hall–Kier alpha value is -1.84. The monoisotopic (exact) mass is 216 g/mol. The van der Waals surface area contributed by atoms with E-state index in [0.29, 0.717) is 12.0 Å². The Morgan fingerprint density at radius 2 is 2.06 bits per heavy atom. The Labute approximate surface area is 93.2 Å². The van der Waals surface area contributed by atoms with E-state index in [9.17, 15) is 9.59 Å². The van der Waals surface area contributed by atoms with Gasteiger partial charge in [-0.25, -0.2) is 0 Å². The van der Waals surface area contributed by atoms with Crippen LogP contribution >= 0.6 is 0 Å². The van der Waals surface area contributed by atoms with Gasteiger partial charge in [0.15, 0.2) is 0 Å². The quantitative estimate of drug-likeness (QED) is 0.653. The van der Waals surface area contributed by atoms with Gasteiger partial charge < -0.3 is 5.32 Å². The number of benzene rings is 1. The highest BCUT2D eigenvalue weighted by Gasteiger charge is 2.29. The van der Waals surface area contributed by atoms with E-state index in [1.165, 1.54) is 10.5 Å². The van der Waals surface area contributed by atoms with Crippen molar-refractivity contribution in [2.75, 3.05) is 18.9 Å². The lowest BCUT2D eigenvalue weighted by Gasteiger charge is -2.23. The Morgan fingerprint density at radius 1 is 1.25 bits per heavy atom. The molecule has 0 aliphatic carbocycles. The van der Waals surface area contributed by atoms with Crippen LogP contribution in [0.15, 0.2) is 12.1 Å². The van der Waals surface area contributed by atoms with Crippen LogP contribution in [0.3, 0.4) is 0 Å². The predicted molar refractivity (Wildman–Crippen MR) is 59.4 cm³/mol. The van der Waals surface area contributed by atoms with E-state index in [4.69, 9.17) is 0 Å². The largest absolute Gasteiger partial charge is 0.384 e. The summed E-state index contributed by atoms with van der Waals surface area (Å²) in [5.74, 6) is -0.309. The van der Waals surface area contributed by atoms with Crippen molar-refractivity contribution in [3.63, 3.8) is 0 Å². The van der Waals surface area contributed by atoms with Crippen LogP contribution in [-0.4, -0.2) is 30.3 Å². The Balaban J connectivity index is 2.16. The molecule has 2 amide bonds. The van der Waals surface area contributed by atoms with E-state index in [2.05, 4.69) is 5.32 Å². The SMILES string of the molecule is CN1C(=O)Cc2cc3c(cc2C1=O)CCN3. The minimum Gasteiger partial charge on any atom is -0.384 e. The molecular weight excluding hydrogens is 204 g/mol. The van der Waals surface area contributed by atoms with Gasteiger partial charge in [-0.3, -0.25) is 14.5 Å². The van der Waals surface area contributed by atoms with Crippen LogP contribution < -0.4 is 5.32 Å². The molecule has 0 aromatic heterocycles. The maximum absolute atomic E-state index is 11.9. The third kappa shape index (κ3) is 1.16. The van der Waals surface area contributed by atoms with Gasteiger partial charge in [0.05, 0.1) is 6.42 Å². The molecule has 0 saturated carbocycles. The van der Waals surface area contributed by atoms with Crippen LogP contribution in [0.25, 0.3) is 0 Å². The molecule has 4 nitrogen and oxygen atoms in total. The van der Waals surface area contributed by atoms with Crippen molar-refractivity contribution >= 4 is 17.5 Å². The summed E-state index contributed by atoms with van der Waals surface area (Å²) < 4.78 is 0. The molecule has 2 aliphatic heterocycles. The van der Waals surface area contributed by atoms with Crippen molar-refractivity contribution in [1.82, 2.24) is 4.90 Å². The average molecular weight is 216 g/mol. The molecule has 0 saturated heterocycles. The molecule has 0 unspecified atom stereocenters. The number of hydrogen-bond donors (Lipinski definition) is 1. The fraction of sp³-hybridized carbons (Fsp3) is 0.333. The normalized spacial score (nSPS) is 18.2. The third-order valence-electron chi connectivity index (χ3n) is 3.29. The second-order valence-electron chi connectivity index (χ2n) is 4.28. The van der Waals surface area contributed by atoms with E-state index < -0.39 is 0 Å². The lowest BCUT2D eigenvalue weighted by Crippen LogP contribution is -2.39. The number of nitrogens with zero attached hydrogens (tertiary/aromatic N) is 1. The topological polar surface area (TPSA) is 49.4 Å². The van der Waals surface area contributed by atoms with Gasteiger partial charge in [-0.1, -0.05) is 0 Å². The molecule has 2 aliphatic rings. The number of hydrogen-bond acceptors (Lipinski definition) is 3. The summed E-state index contributed by atoms with van der Waals surface area (Å²) in [6.45, 7) is 0.913. The van der Waals surface area contributed by atoms with Crippen molar-refractivity contribution in [1.29, 1.82) is 0 Å². The summed E-state index contributed by atoms with van der Waals surface area (Å²) in [6, 6.07) is 3.87. The third-order valence-corrected chi connectivity index (χ3v) is 3.29. The van der Waals surface area contributed by atoms with E-state index in [1.807, 2.05) is 12.1 Å². The summed E-state index contributed by atoms with van der Waals surface area (Å²) >= 11 is 0. The first-order valence-electron chi connectivity index (χ1n) is 5.37. The van der Waals surface area contributed by atoms with E-state index in [0.717, 1.165) is 24.2 Å². The zero-order valence-electron chi connectivity index (χ0n) is 9.04. The van der Waals surface area contributed by atoms with Crippen molar-refractivity contribution < 1.29 is 9.59 Å². The van der Waals surface area contributed by atoms with E-state index in [-0.39, 0.29) is 11.8 Å². The highest BCUT2D eigenvalue weighted by atomic mass is 16.2. The van der Waals surface area contributed by atoms with Gasteiger partial charge in [-0.05, 0) is 29.7 Å². The first-order valence-corrected chi connectivity index (χ1v) is 5.37. The Bertz CT molecular complexity index is 508. The van der Waals surface area contributed by atoms with E-state index in [1.54, 1.807) is 7.05 Å². The molecule has 1 aromatic rings. The minimum absolute atomic E-state index is 0.129. The first-order chi connectivity index (χ1) is 7.66. The molecule has 2 heterocycles. The highest BCUT2D eigenvalue weighted by molar-refractivity contribution is 6.10. The molecule has 4 heteroatoms. The molecule has 0 bridgehead atoms. The molecule has 16 heavy (non-hydrogen) atoms. The molecule has 82 valence electrons. The first kappa shape index (κ1) is 9.39. The maximum Gasteiger partial charge on any atom is 0.260 e. The smallest absolute Gasteiger partial charge is 0.260 e. The number of amides is 2. The lowest BCUT2D eigenvalue weighted by atomic mass is 9.95. The Kier molecular flexibility index (Phi) is 1.80. The second kappa shape index (κ2) is 3.07. The van der Waals surface area contributed by atoms with Crippen LogP contribution in [-0.2, 0) is 17.6 Å². The molecule has 0 fully saturated rings. The number of carbonyl (C=O) groups excluding carboxylic acids is 2. The number of anilines is 1. The zero-order valence-corrected chi connectivity index (χ0v) is 9.04. The number of likely N-dealkylation sites (N-methyl/N-ethyl adjacent to an activating group) is 1. The number of rotatable bonds is 0. The standard InChI is InChI=1S/C12H12N2O2/c1-14-11(15)6-8-5-10-7(2-3-13-10)4-9(8)12(14)16/h4-5,13H,2-3,6H2,1H3. The van der Waals surface area contributed by atoms with Crippen molar-refractivity contribution in [3.8, 4) is 0 Å². The molecular formula is C12H12N2O2. The lowest BCUT2D eigenvalue weighted by molar-refractivity contribution is -0.127.